The van der Waals surface area contributed by atoms with Gasteiger partial charge >= 0.3 is 6.03 Å². The third-order valence-corrected chi connectivity index (χ3v) is 5.75. The molecule has 0 saturated heterocycles. The molecule has 0 atom stereocenters. The van der Waals surface area contributed by atoms with E-state index in [1.54, 1.807) is 0 Å². The molecule has 1 saturated carbocycles. The first-order chi connectivity index (χ1) is 9.83. The summed E-state index contributed by atoms with van der Waals surface area (Å²) in [4.78, 5) is 11.3. The highest BCUT2D eigenvalue weighted by Crippen LogP contribution is 2.31. The van der Waals surface area contributed by atoms with Crippen LogP contribution in [0.4, 0.5) is 4.79 Å². The van der Waals surface area contributed by atoms with Crippen LogP contribution in [-0.2, 0) is 9.84 Å². The zero-order chi connectivity index (χ0) is 15.5. The van der Waals surface area contributed by atoms with Gasteiger partial charge in [-0.3, -0.25) is 0 Å². The fourth-order valence-electron chi connectivity index (χ4n) is 2.92. The number of phenols is 1. The van der Waals surface area contributed by atoms with Crippen LogP contribution in [0.2, 0.25) is 0 Å². The van der Waals surface area contributed by atoms with Gasteiger partial charge in [0.25, 0.3) is 0 Å². The lowest BCUT2D eigenvalue weighted by Gasteiger charge is -2.37. The van der Waals surface area contributed by atoms with Gasteiger partial charge in [-0.05, 0) is 31.0 Å². The number of rotatable bonds is 4. The predicted molar refractivity (Wildman–Crippen MR) is 78.7 cm³/mol. The molecule has 1 aromatic carbocycles. The Kier molecular flexibility index (Phi) is 4.41. The molecule has 116 valence electrons. The largest absolute Gasteiger partial charge is 0.508 e. The molecule has 0 radical (unpaired) electrons. The molecule has 0 spiro atoms. The highest BCUT2D eigenvalue weighted by atomic mass is 32.2. The molecule has 7 heteroatoms. The van der Waals surface area contributed by atoms with Gasteiger partial charge in [0.1, 0.15) is 5.75 Å². The highest BCUT2D eigenvalue weighted by molar-refractivity contribution is 7.91. The summed E-state index contributed by atoms with van der Waals surface area (Å²) in [5.41, 5.74) is 4.39. The number of amides is 2. The lowest BCUT2D eigenvalue weighted by Crippen LogP contribution is -2.55. The van der Waals surface area contributed by atoms with Crippen molar-refractivity contribution in [3.05, 3.63) is 24.3 Å². The van der Waals surface area contributed by atoms with Crippen molar-refractivity contribution in [2.24, 2.45) is 5.73 Å². The number of primary amides is 1. The summed E-state index contributed by atoms with van der Waals surface area (Å²) in [5, 5.41) is 12.1. The van der Waals surface area contributed by atoms with Gasteiger partial charge in [0.2, 0.25) is 0 Å². The van der Waals surface area contributed by atoms with Crippen LogP contribution in [0.1, 0.15) is 32.1 Å². The van der Waals surface area contributed by atoms with E-state index in [-0.39, 0.29) is 16.4 Å². The van der Waals surface area contributed by atoms with Crippen LogP contribution in [0, 0.1) is 0 Å². The van der Waals surface area contributed by atoms with Crippen LogP contribution in [0.3, 0.4) is 0 Å². The Morgan fingerprint density at radius 2 is 1.95 bits per heavy atom. The number of aromatic hydroxyl groups is 1. The molecule has 21 heavy (non-hydrogen) atoms. The Morgan fingerprint density at radius 3 is 2.52 bits per heavy atom. The number of nitrogens with two attached hydrogens (primary N) is 1. The standard InChI is InChI=1S/C14H20N2O4S/c15-13(18)16-14(7-2-1-3-8-14)10-21(19,20)12-6-4-5-11(17)9-12/h4-6,9,17H,1-3,7-8,10H2,(H3,15,16,18). The molecular weight excluding hydrogens is 292 g/mol. The molecule has 1 aliphatic carbocycles. The van der Waals surface area contributed by atoms with Crippen LogP contribution in [0.15, 0.2) is 29.2 Å². The van der Waals surface area contributed by atoms with E-state index in [0.717, 1.165) is 19.3 Å². The van der Waals surface area contributed by atoms with Gasteiger partial charge in [-0.2, -0.15) is 0 Å². The van der Waals surface area contributed by atoms with E-state index in [0.29, 0.717) is 12.8 Å². The third-order valence-electron chi connectivity index (χ3n) is 3.84. The van der Waals surface area contributed by atoms with Gasteiger partial charge in [0.05, 0.1) is 16.2 Å². The molecular formula is C14H20N2O4S. The van der Waals surface area contributed by atoms with Crippen molar-refractivity contribution >= 4 is 15.9 Å². The summed E-state index contributed by atoms with van der Waals surface area (Å²) in [7, 11) is -3.62. The van der Waals surface area contributed by atoms with Crippen molar-refractivity contribution < 1.29 is 18.3 Å². The van der Waals surface area contributed by atoms with Crippen LogP contribution >= 0.6 is 0 Å². The second-order valence-electron chi connectivity index (χ2n) is 5.59. The Balaban J connectivity index is 2.28. The van der Waals surface area contributed by atoms with E-state index in [9.17, 15) is 18.3 Å². The number of phenolic OH excluding ortho intramolecular Hbond substituents is 1. The molecule has 2 rings (SSSR count). The van der Waals surface area contributed by atoms with Gasteiger partial charge in [-0.1, -0.05) is 25.3 Å². The molecule has 2 amide bonds. The topological polar surface area (TPSA) is 109 Å². The number of benzene rings is 1. The average molecular weight is 312 g/mol. The van der Waals surface area contributed by atoms with E-state index in [4.69, 9.17) is 5.73 Å². The summed E-state index contributed by atoms with van der Waals surface area (Å²) in [6.07, 6.45) is 3.92. The lowest BCUT2D eigenvalue weighted by molar-refractivity contribution is 0.219. The summed E-state index contributed by atoms with van der Waals surface area (Å²) in [6, 6.07) is 4.85. The van der Waals surface area contributed by atoms with Crippen LogP contribution in [0.25, 0.3) is 0 Å². The van der Waals surface area contributed by atoms with Crippen molar-refractivity contribution in [3.8, 4) is 5.75 Å². The Bertz CT molecular complexity index is 622. The molecule has 0 unspecified atom stereocenters. The van der Waals surface area contributed by atoms with Gasteiger partial charge in [0.15, 0.2) is 9.84 Å². The third kappa shape index (κ3) is 3.87. The second-order valence-corrected chi connectivity index (χ2v) is 7.58. The van der Waals surface area contributed by atoms with Crippen LogP contribution in [0.5, 0.6) is 5.75 Å². The van der Waals surface area contributed by atoms with Gasteiger partial charge in [-0.25, -0.2) is 13.2 Å². The molecule has 0 aliphatic heterocycles. The average Bonchev–Trinajstić information content (AvgIpc) is 2.38. The minimum atomic E-state index is -3.62. The number of hydrogen-bond acceptors (Lipinski definition) is 4. The van der Waals surface area contributed by atoms with Crippen molar-refractivity contribution in [1.29, 1.82) is 0 Å². The number of nitrogens with one attached hydrogen (secondary N) is 1. The van der Waals surface area contributed by atoms with Crippen LogP contribution < -0.4 is 11.1 Å². The number of urea groups is 1. The maximum atomic E-state index is 12.5. The SMILES string of the molecule is NC(=O)NC1(CS(=O)(=O)c2cccc(O)c2)CCCCC1. The van der Waals surface area contributed by atoms with Gasteiger partial charge < -0.3 is 16.2 Å². The summed E-state index contributed by atoms with van der Waals surface area (Å²) in [5.74, 6) is -0.302. The van der Waals surface area contributed by atoms with E-state index < -0.39 is 21.4 Å². The first kappa shape index (κ1) is 15.6. The Labute approximate surface area is 124 Å². The van der Waals surface area contributed by atoms with E-state index in [1.165, 1.54) is 24.3 Å². The number of carbonyl (C=O) groups excluding carboxylic acids is 1. The van der Waals surface area contributed by atoms with Crippen molar-refractivity contribution in [3.63, 3.8) is 0 Å². The highest BCUT2D eigenvalue weighted by Gasteiger charge is 2.38. The number of hydrogen-bond donors (Lipinski definition) is 3. The molecule has 0 bridgehead atoms. The summed E-state index contributed by atoms with van der Waals surface area (Å²) >= 11 is 0. The molecule has 0 aromatic heterocycles. The molecule has 1 fully saturated rings. The van der Waals surface area contributed by atoms with Gasteiger partial charge in [-0.15, -0.1) is 0 Å². The van der Waals surface area contributed by atoms with Crippen LogP contribution in [-0.4, -0.2) is 30.8 Å². The van der Waals surface area contributed by atoms with Crippen molar-refractivity contribution in [2.45, 2.75) is 42.5 Å². The Hall–Kier alpha value is -1.76. The molecule has 6 nitrogen and oxygen atoms in total. The fraction of sp³-hybridized carbons (Fsp3) is 0.500. The zero-order valence-corrected chi connectivity index (χ0v) is 12.5. The van der Waals surface area contributed by atoms with Crippen molar-refractivity contribution in [2.75, 3.05) is 5.75 Å². The molecule has 1 aliphatic rings. The monoisotopic (exact) mass is 312 g/mol. The van der Waals surface area contributed by atoms with Gasteiger partial charge in [0, 0.05) is 0 Å². The lowest BCUT2D eigenvalue weighted by atomic mass is 9.83. The maximum Gasteiger partial charge on any atom is 0.312 e. The molecule has 4 N–H and O–H groups in total. The Morgan fingerprint density at radius 1 is 1.29 bits per heavy atom. The number of carbonyl (C=O) groups is 1. The zero-order valence-electron chi connectivity index (χ0n) is 11.7. The maximum absolute atomic E-state index is 12.5. The second kappa shape index (κ2) is 5.93. The molecule has 1 aromatic rings. The quantitative estimate of drug-likeness (QED) is 0.783. The van der Waals surface area contributed by atoms with E-state index >= 15 is 0 Å². The summed E-state index contributed by atoms with van der Waals surface area (Å²) < 4.78 is 25.1. The first-order valence-corrected chi connectivity index (χ1v) is 8.58. The van der Waals surface area contributed by atoms with E-state index in [1.807, 2.05) is 0 Å². The first-order valence-electron chi connectivity index (χ1n) is 6.92. The van der Waals surface area contributed by atoms with E-state index in [2.05, 4.69) is 5.32 Å². The minimum Gasteiger partial charge on any atom is -0.508 e. The van der Waals surface area contributed by atoms with Crippen molar-refractivity contribution in [1.82, 2.24) is 5.32 Å². The smallest absolute Gasteiger partial charge is 0.312 e. The number of sulfone groups is 1. The fourth-order valence-corrected chi connectivity index (χ4v) is 4.76. The predicted octanol–water partition coefficient (Wildman–Crippen LogP) is 1.54. The minimum absolute atomic E-state index is 0.0544. The normalized spacial score (nSPS) is 18.1. The summed E-state index contributed by atoms with van der Waals surface area (Å²) in [6.45, 7) is 0. The molecule has 0 heterocycles.